The molecule has 0 spiro atoms. The standard InChI is InChI=1S/C23H23ClN2O3S/c1-17-3-2-4-21(15-17)30(28)16-20-9-10-22(29-20)23(27)26-13-11-25(12-14-26)19-7-5-18(24)6-8-19/h2-10,15H,11-14,16H2,1H3/t30-/m0/s1. The highest BCUT2D eigenvalue weighted by Crippen LogP contribution is 2.21. The molecule has 1 fully saturated rings. The number of furan rings is 1. The average Bonchev–Trinajstić information content (AvgIpc) is 3.22. The van der Waals surface area contributed by atoms with Gasteiger partial charge in [0.1, 0.15) is 5.76 Å². The molecule has 3 aromatic rings. The predicted molar refractivity (Wildman–Crippen MR) is 120 cm³/mol. The number of amides is 1. The third kappa shape index (κ3) is 4.77. The van der Waals surface area contributed by atoms with E-state index in [1.165, 1.54) is 0 Å². The molecule has 1 atom stereocenters. The van der Waals surface area contributed by atoms with Crippen molar-refractivity contribution in [1.82, 2.24) is 4.90 Å². The molecular formula is C23H23ClN2O3S. The zero-order chi connectivity index (χ0) is 21.1. The second-order valence-electron chi connectivity index (χ2n) is 7.33. The van der Waals surface area contributed by atoms with Gasteiger partial charge in [-0.15, -0.1) is 0 Å². The van der Waals surface area contributed by atoms with E-state index in [9.17, 15) is 9.00 Å². The highest BCUT2D eigenvalue weighted by Gasteiger charge is 2.24. The van der Waals surface area contributed by atoms with Gasteiger partial charge in [-0.05, 0) is 61.0 Å². The van der Waals surface area contributed by atoms with Crippen LogP contribution in [0.1, 0.15) is 21.9 Å². The number of rotatable bonds is 5. The Hall–Kier alpha value is -2.57. The molecule has 0 saturated carbocycles. The van der Waals surface area contributed by atoms with Crippen molar-refractivity contribution in [3.63, 3.8) is 0 Å². The van der Waals surface area contributed by atoms with Crippen LogP contribution in [-0.4, -0.2) is 41.2 Å². The van der Waals surface area contributed by atoms with Gasteiger partial charge >= 0.3 is 0 Å². The van der Waals surface area contributed by atoms with Crippen molar-refractivity contribution in [3.8, 4) is 0 Å². The van der Waals surface area contributed by atoms with Crippen LogP contribution in [0.2, 0.25) is 5.02 Å². The Labute approximate surface area is 183 Å². The molecule has 2 aromatic carbocycles. The number of hydrogen-bond donors (Lipinski definition) is 0. The number of carbonyl (C=O) groups is 1. The van der Waals surface area contributed by atoms with E-state index >= 15 is 0 Å². The van der Waals surface area contributed by atoms with E-state index in [1.54, 1.807) is 17.0 Å². The Morgan fingerprint density at radius 2 is 1.77 bits per heavy atom. The molecule has 7 heteroatoms. The molecule has 156 valence electrons. The van der Waals surface area contributed by atoms with E-state index in [0.717, 1.165) is 29.2 Å². The maximum absolute atomic E-state index is 12.8. The maximum Gasteiger partial charge on any atom is 0.289 e. The summed E-state index contributed by atoms with van der Waals surface area (Å²) in [7, 11) is -1.21. The predicted octanol–water partition coefficient (Wildman–Crippen LogP) is 4.51. The third-order valence-corrected chi connectivity index (χ3v) is 6.74. The number of benzene rings is 2. The molecule has 1 aromatic heterocycles. The van der Waals surface area contributed by atoms with Crippen LogP contribution in [0.5, 0.6) is 0 Å². The minimum Gasteiger partial charge on any atom is -0.455 e. The molecule has 0 unspecified atom stereocenters. The summed E-state index contributed by atoms with van der Waals surface area (Å²) < 4.78 is 18.3. The van der Waals surface area contributed by atoms with Crippen LogP contribution in [0.4, 0.5) is 5.69 Å². The monoisotopic (exact) mass is 442 g/mol. The molecule has 4 rings (SSSR count). The first-order valence-electron chi connectivity index (χ1n) is 9.83. The third-order valence-electron chi connectivity index (χ3n) is 5.16. The van der Waals surface area contributed by atoms with Crippen molar-refractivity contribution in [2.24, 2.45) is 0 Å². The van der Waals surface area contributed by atoms with Gasteiger partial charge in [-0.3, -0.25) is 9.00 Å². The smallest absolute Gasteiger partial charge is 0.289 e. The molecule has 0 N–H and O–H groups in total. The first kappa shape index (κ1) is 20.7. The van der Waals surface area contributed by atoms with Crippen LogP contribution in [0.3, 0.4) is 0 Å². The number of nitrogens with zero attached hydrogens (tertiary/aromatic N) is 2. The second-order valence-corrected chi connectivity index (χ2v) is 9.22. The van der Waals surface area contributed by atoms with Crippen LogP contribution < -0.4 is 4.90 Å². The van der Waals surface area contributed by atoms with Gasteiger partial charge in [-0.2, -0.15) is 0 Å². The van der Waals surface area contributed by atoms with Gasteiger partial charge in [0.05, 0.1) is 16.6 Å². The largest absolute Gasteiger partial charge is 0.455 e. The molecule has 0 radical (unpaired) electrons. The molecular weight excluding hydrogens is 420 g/mol. The van der Waals surface area contributed by atoms with Crippen molar-refractivity contribution in [3.05, 3.63) is 82.8 Å². The Bertz CT molecular complexity index is 1060. The summed E-state index contributed by atoms with van der Waals surface area (Å²) in [6, 6.07) is 18.8. The lowest BCUT2D eigenvalue weighted by Crippen LogP contribution is -2.48. The number of anilines is 1. The summed E-state index contributed by atoms with van der Waals surface area (Å²) in [4.78, 5) is 17.6. The minimum absolute atomic E-state index is 0.127. The van der Waals surface area contributed by atoms with E-state index in [0.29, 0.717) is 29.6 Å². The van der Waals surface area contributed by atoms with Gasteiger partial charge in [0.15, 0.2) is 5.76 Å². The topological polar surface area (TPSA) is 53.8 Å². The molecule has 1 aliphatic heterocycles. The van der Waals surface area contributed by atoms with Crippen LogP contribution in [0, 0.1) is 6.92 Å². The molecule has 30 heavy (non-hydrogen) atoms. The Morgan fingerprint density at radius 1 is 1.03 bits per heavy atom. The van der Waals surface area contributed by atoms with E-state index in [-0.39, 0.29) is 11.7 Å². The van der Waals surface area contributed by atoms with Crippen molar-refractivity contribution < 1.29 is 13.4 Å². The van der Waals surface area contributed by atoms with E-state index in [2.05, 4.69) is 4.90 Å². The molecule has 0 bridgehead atoms. The average molecular weight is 443 g/mol. The van der Waals surface area contributed by atoms with Crippen molar-refractivity contribution in [2.45, 2.75) is 17.6 Å². The van der Waals surface area contributed by atoms with E-state index in [1.807, 2.05) is 55.5 Å². The fraction of sp³-hybridized carbons (Fsp3) is 0.261. The second kappa shape index (κ2) is 9.06. The number of halogens is 1. The highest BCUT2D eigenvalue weighted by atomic mass is 35.5. The highest BCUT2D eigenvalue weighted by molar-refractivity contribution is 7.84. The zero-order valence-electron chi connectivity index (χ0n) is 16.7. The summed E-state index contributed by atoms with van der Waals surface area (Å²) in [5.74, 6) is 0.976. The molecule has 1 saturated heterocycles. The van der Waals surface area contributed by atoms with Gasteiger partial charge < -0.3 is 14.2 Å². The van der Waals surface area contributed by atoms with Crippen molar-refractivity contribution >= 4 is 34.0 Å². The Balaban J connectivity index is 1.35. The summed E-state index contributed by atoms with van der Waals surface area (Å²) in [5.41, 5.74) is 2.17. The van der Waals surface area contributed by atoms with Gasteiger partial charge in [0.2, 0.25) is 0 Å². The van der Waals surface area contributed by atoms with Gasteiger partial charge in [0, 0.05) is 41.8 Å². The number of hydrogen-bond acceptors (Lipinski definition) is 4. The lowest BCUT2D eigenvalue weighted by atomic mass is 10.2. The van der Waals surface area contributed by atoms with Crippen LogP contribution in [0.25, 0.3) is 0 Å². The normalized spacial score (nSPS) is 15.3. The van der Waals surface area contributed by atoms with Crippen LogP contribution in [-0.2, 0) is 16.6 Å². The summed E-state index contributed by atoms with van der Waals surface area (Å²) >= 11 is 5.96. The number of aryl methyl sites for hydroxylation is 1. The van der Waals surface area contributed by atoms with Crippen LogP contribution in [0.15, 0.2) is 70.0 Å². The van der Waals surface area contributed by atoms with Crippen LogP contribution >= 0.6 is 11.6 Å². The molecule has 0 aliphatic carbocycles. The minimum atomic E-state index is -1.21. The quantitative estimate of drug-likeness (QED) is 0.583. The fourth-order valence-electron chi connectivity index (χ4n) is 3.52. The molecule has 5 nitrogen and oxygen atoms in total. The number of piperazine rings is 1. The molecule has 1 amide bonds. The van der Waals surface area contributed by atoms with E-state index < -0.39 is 10.8 Å². The first-order valence-corrected chi connectivity index (χ1v) is 11.5. The Morgan fingerprint density at radius 3 is 2.47 bits per heavy atom. The van der Waals surface area contributed by atoms with Gasteiger partial charge in [-0.1, -0.05) is 23.7 Å². The SMILES string of the molecule is Cc1cccc([S@@](=O)Cc2ccc(C(=O)N3CCN(c4ccc(Cl)cc4)CC3)o2)c1. The lowest BCUT2D eigenvalue weighted by molar-refractivity contribution is 0.0713. The zero-order valence-corrected chi connectivity index (χ0v) is 18.3. The van der Waals surface area contributed by atoms with Crippen molar-refractivity contribution in [1.29, 1.82) is 0 Å². The summed E-state index contributed by atoms with van der Waals surface area (Å²) in [5, 5.41) is 0.713. The summed E-state index contributed by atoms with van der Waals surface area (Å²) in [6.07, 6.45) is 0. The first-order chi connectivity index (χ1) is 14.5. The molecule has 1 aliphatic rings. The van der Waals surface area contributed by atoms with Crippen molar-refractivity contribution in [2.75, 3.05) is 31.1 Å². The van der Waals surface area contributed by atoms with Gasteiger partial charge in [-0.25, -0.2) is 0 Å². The van der Waals surface area contributed by atoms with Gasteiger partial charge in [0.25, 0.3) is 5.91 Å². The Kier molecular flexibility index (Phi) is 6.25. The lowest BCUT2D eigenvalue weighted by Gasteiger charge is -2.35. The fourth-order valence-corrected chi connectivity index (χ4v) is 4.77. The summed E-state index contributed by atoms with van der Waals surface area (Å²) in [6.45, 7) is 4.70. The maximum atomic E-state index is 12.8. The number of carbonyl (C=O) groups excluding carboxylic acids is 1. The molecule has 2 heterocycles. The van der Waals surface area contributed by atoms with E-state index in [4.69, 9.17) is 16.0 Å².